The van der Waals surface area contributed by atoms with E-state index in [-0.39, 0.29) is 24.2 Å². The van der Waals surface area contributed by atoms with Crippen molar-refractivity contribution >= 4 is 5.91 Å². The van der Waals surface area contributed by atoms with E-state index in [1.54, 1.807) is 33.9 Å². The fraction of sp³-hybridized carbons (Fsp3) is 0.519. The first kappa shape index (κ1) is 26.0. The summed E-state index contributed by atoms with van der Waals surface area (Å²) < 4.78 is 20.0. The van der Waals surface area contributed by atoms with Crippen LogP contribution in [0, 0.1) is 19.7 Å². The van der Waals surface area contributed by atoms with Crippen LogP contribution in [-0.2, 0) is 28.8 Å². The highest BCUT2D eigenvalue weighted by molar-refractivity contribution is 5.79. The molecule has 0 saturated heterocycles. The van der Waals surface area contributed by atoms with Crippen molar-refractivity contribution in [3.05, 3.63) is 69.5 Å². The van der Waals surface area contributed by atoms with Crippen molar-refractivity contribution in [3.63, 3.8) is 0 Å². The van der Waals surface area contributed by atoms with Gasteiger partial charge >= 0.3 is 0 Å². The summed E-state index contributed by atoms with van der Waals surface area (Å²) >= 11 is 0. The number of nitrogens with one attached hydrogen (secondary N) is 1. The molecule has 0 aliphatic heterocycles. The highest BCUT2D eigenvalue weighted by atomic mass is 19.1. The lowest BCUT2D eigenvalue weighted by Gasteiger charge is -2.26. The molecule has 0 heterocycles. The van der Waals surface area contributed by atoms with Crippen molar-refractivity contribution in [2.45, 2.75) is 78.4 Å². The zero-order valence-corrected chi connectivity index (χ0v) is 20.5. The minimum atomic E-state index is -0.843. The van der Waals surface area contributed by atoms with Crippen LogP contribution in [0.3, 0.4) is 0 Å². The quantitative estimate of drug-likeness (QED) is 0.555. The molecule has 0 saturated carbocycles. The molecule has 0 aliphatic carbocycles. The van der Waals surface area contributed by atoms with E-state index in [0.29, 0.717) is 36.5 Å². The fourth-order valence-electron chi connectivity index (χ4n) is 4.17. The maximum Gasteiger partial charge on any atom is 0.224 e. The second kappa shape index (κ2) is 11.1. The molecule has 4 nitrogen and oxygen atoms in total. The van der Waals surface area contributed by atoms with E-state index in [0.717, 1.165) is 16.7 Å². The third-order valence-electron chi connectivity index (χ3n) is 5.75. The third kappa shape index (κ3) is 7.14. The Balaban J connectivity index is 2.29. The van der Waals surface area contributed by atoms with Gasteiger partial charge in [-0.1, -0.05) is 44.2 Å². The average Bonchev–Trinajstić information content (AvgIpc) is 2.68. The predicted molar refractivity (Wildman–Crippen MR) is 128 cm³/mol. The van der Waals surface area contributed by atoms with Gasteiger partial charge in [0.25, 0.3) is 0 Å². The van der Waals surface area contributed by atoms with Gasteiger partial charge in [0.1, 0.15) is 5.82 Å². The Kier molecular flexibility index (Phi) is 8.99. The Morgan fingerprint density at radius 2 is 1.78 bits per heavy atom. The Hall–Kier alpha value is -2.24. The average molecular weight is 444 g/mol. The number of carbonyl (C=O) groups excluding carboxylic acids is 1. The van der Waals surface area contributed by atoms with E-state index in [1.807, 2.05) is 25.1 Å². The summed E-state index contributed by atoms with van der Waals surface area (Å²) in [5.41, 5.74) is 4.29. The molecule has 5 heteroatoms. The molecule has 0 aromatic heterocycles. The van der Waals surface area contributed by atoms with E-state index >= 15 is 0 Å². The summed E-state index contributed by atoms with van der Waals surface area (Å²) in [4.78, 5) is 12.9. The molecular weight excluding hydrogens is 405 g/mol. The molecule has 0 bridgehead atoms. The Morgan fingerprint density at radius 1 is 1.12 bits per heavy atom. The normalized spacial score (nSPS) is 12.8. The lowest BCUT2D eigenvalue weighted by Crippen LogP contribution is -2.41. The van der Waals surface area contributed by atoms with Gasteiger partial charge in [-0.15, -0.1) is 0 Å². The van der Waals surface area contributed by atoms with Crippen LogP contribution in [0.4, 0.5) is 4.39 Å². The fourth-order valence-corrected chi connectivity index (χ4v) is 4.17. The molecule has 1 amide bonds. The van der Waals surface area contributed by atoms with Crippen LogP contribution >= 0.6 is 0 Å². The largest absolute Gasteiger partial charge is 0.390 e. The molecule has 0 spiro atoms. The van der Waals surface area contributed by atoms with Crippen LogP contribution in [-0.4, -0.2) is 36.4 Å². The Morgan fingerprint density at radius 3 is 2.38 bits per heavy atom. The Bertz CT molecular complexity index is 931. The molecule has 0 radical (unpaired) electrons. The number of amides is 1. The van der Waals surface area contributed by atoms with E-state index in [4.69, 9.17) is 4.74 Å². The van der Waals surface area contributed by atoms with Gasteiger partial charge in [0, 0.05) is 19.1 Å². The number of hydrogen-bond acceptors (Lipinski definition) is 3. The molecule has 2 N–H and O–H groups in total. The first-order valence-electron chi connectivity index (χ1n) is 11.3. The first-order chi connectivity index (χ1) is 14.9. The van der Waals surface area contributed by atoms with Crippen LogP contribution in [0.25, 0.3) is 0 Å². The van der Waals surface area contributed by atoms with Crippen molar-refractivity contribution < 1.29 is 19.0 Å². The monoisotopic (exact) mass is 443 g/mol. The molecule has 2 aromatic carbocycles. The maximum absolute atomic E-state index is 14.6. The Labute approximate surface area is 192 Å². The lowest BCUT2D eigenvalue weighted by molar-refractivity contribution is -0.121. The summed E-state index contributed by atoms with van der Waals surface area (Å²) in [6, 6.07) is 9.47. The number of rotatable bonds is 10. The SMILES string of the molecule is COCC(Cc1c(CC(C)(C)O)cccc1C(C)C)NC(=O)Cc1c(C)ccc(C)c1F. The summed E-state index contributed by atoms with van der Waals surface area (Å²) in [5.74, 6) is -0.249. The molecule has 1 unspecified atom stereocenters. The van der Waals surface area contributed by atoms with Gasteiger partial charge < -0.3 is 15.2 Å². The number of methoxy groups -OCH3 is 1. The van der Waals surface area contributed by atoms with Gasteiger partial charge in [-0.2, -0.15) is 0 Å². The van der Waals surface area contributed by atoms with Crippen LogP contribution in [0.1, 0.15) is 67.0 Å². The predicted octanol–water partition coefficient (Wildman–Crippen LogP) is 4.80. The highest BCUT2D eigenvalue weighted by Gasteiger charge is 2.23. The van der Waals surface area contributed by atoms with Gasteiger partial charge in [0.15, 0.2) is 0 Å². The molecule has 1 atom stereocenters. The van der Waals surface area contributed by atoms with Gasteiger partial charge in [0.2, 0.25) is 5.91 Å². The van der Waals surface area contributed by atoms with E-state index < -0.39 is 5.60 Å². The summed E-state index contributed by atoms with van der Waals surface area (Å²) in [6.07, 6.45) is 1.08. The van der Waals surface area contributed by atoms with E-state index in [2.05, 4.69) is 25.2 Å². The molecule has 2 aromatic rings. The van der Waals surface area contributed by atoms with E-state index in [1.165, 1.54) is 5.56 Å². The number of hydrogen-bond donors (Lipinski definition) is 2. The summed E-state index contributed by atoms with van der Waals surface area (Å²) in [5, 5.41) is 13.5. The standard InChI is InChI=1S/C27H38FNO3/c1-17(2)22-10-8-9-20(15-27(5,6)31)24(22)13-21(16-32-7)29-25(30)14-23-18(3)11-12-19(4)26(23)28/h8-12,17,21,31H,13-16H2,1-7H3,(H,29,30). The molecule has 0 fully saturated rings. The summed E-state index contributed by atoms with van der Waals surface area (Å²) in [6.45, 7) is 11.7. The van der Waals surface area contributed by atoms with E-state index in [9.17, 15) is 14.3 Å². The zero-order chi connectivity index (χ0) is 24.1. The topological polar surface area (TPSA) is 58.6 Å². The number of benzene rings is 2. The van der Waals surface area contributed by atoms with Gasteiger partial charge in [0.05, 0.1) is 24.7 Å². The molecule has 2 rings (SSSR count). The van der Waals surface area contributed by atoms with Crippen molar-refractivity contribution in [1.29, 1.82) is 0 Å². The molecule has 176 valence electrons. The van der Waals surface area contributed by atoms with Crippen molar-refractivity contribution in [2.24, 2.45) is 0 Å². The van der Waals surface area contributed by atoms with Gasteiger partial charge in [-0.3, -0.25) is 4.79 Å². The number of halogens is 1. The van der Waals surface area contributed by atoms with Crippen molar-refractivity contribution in [1.82, 2.24) is 5.32 Å². The smallest absolute Gasteiger partial charge is 0.224 e. The van der Waals surface area contributed by atoms with Crippen LogP contribution in [0.15, 0.2) is 30.3 Å². The van der Waals surface area contributed by atoms with Crippen molar-refractivity contribution in [3.8, 4) is 0 Å². The number of ether oxygens (including phenoxy) is 1. The molecule has 32 heavy (non-hydrogen) atoms. The van der Waals surface area contributed by atoms with Crippen LogP contribution in [0.2, 0.25) is 0 Å². The third-order valence-corrected chi connectivity index (χ3v) is 5.75. The highest BCUT2D eigenvalue weighted by Crippen LogP contribution is 2.27. The number of carbonyl (C=O) groups is 1. The van der Waals surface area contributed by atoms with Crippen molar-refractivity contribution in [2.75, 3.05) is 13.7 Å². The van der Waals surface area contributed by atoms with Gasteiger partial charge in [-0.05, 0) is 67.9 Å². The minimum Gasteiger partial charge on any atom is -0.390 e. The summed E-state index contributed by atoms with van der Waals surface area (Å²) in [7, 11) is 1.61. The first-order valence-corrected chi connectivity index (χ1v) is 11.3. The second-order valence-electron chi connectivity index (χ2n) is 9.72. The lowest BCUT2D eigenvalue weighted by atomic mass is 9.85. The second-order valence-corrected chi connectivity index (χ2v) is 9.72. The maximum atomic E-state index is 14.6. The van der Waals surface area contributed by atoms with Crippen LogP contribution < -0.4 is 5.32 Å². The number of aliphatic hydroxyl groups is 1. The van der Waals surface area contributed by atoms with Crippen LogP contribution in [0.5, 0.6) is 0 Å². The minimum absolute atomic E-state index is 0.0120. The molecule has 0 aliphatic rings. The number of aryl methyl sites for hydroxylation is 2. The molecular formula is C27H38FNO3. The zero-order valence-electron chi connectivity index (χ0n) is 20.5. The van der Waals surface area contributed by atoms with Gasteiger partial charge in [-0.25, -0.2) is 4.39 Å².